The topological polar surface area (TPSA) is 52.1 Å². The molecule has 1 aromatic carbocycles. The molecule has 0 saturated heterocycles. The van der Waals surface area contributed by atoms with Gasteiger partial charge in [-0.1, -0.05) is 6.08 Å². The molecule has 0 aliphatic carbocycles. The van der Waals surface area contributed by atoms with Crippen molar-refractivity contribution in [2.75, 3.05) is 7.11 Å². The van der Waals surface area contributed by atoms with Gasteiger partial charge in [-0.25, -0.2) is 0 Å². The van der Waals surface area contributed by atoms with E-state index in [9.17, 15) is 0 Å². The Balaban J connectivity index is 2.05. The number of nitrogens with one attached hydrogen (secondary N) is 1. The quantitative estimate of drug-likeness (QED) is 0.651. The van der Waals surface area contributed by atoms with E-state index < -0.39 is 0 Å². The van der Waals surface area contributed by atoms with Crippen molar-refractivity contribution in [2.24, 2.45) is 0 Å². The molecule has 2 aromatic rings. The van der Waals surface area contributed by atoms with Crippen LogP contribution >= 0.6 is 12.2 Å². The minimum absolute atomic E-state index is 0.341. The summed E-state index contributed by atoms with van der Waals surface area (Å²) in [5, 5.41) is 6.88. The number of ether oxygens (including phenoxy) is 2. The van der Waals surface area contributed by atoms with Crippen LogP contribution in [0.25, 0.3) is 0 Å². The largest absolute Gasteiger partial charge is 0.497 e. The molecule has 0 fully saturated rings. The predicted molar refractivity (Wildman–Crippen MR) is 74.9 cm³/mol. The van der Waals surface area contributed by atoms with Crippen LogP contribution in [0.2, 0.25) is 0 Å². The van der Waals surface area contributed by atoms with Crippen LogP contribution in [0.3, 0.4) is 0 Å². The van der Waals surface area contributed by atoms with Crippen LogP contribution < -0.4 is 9.47 Å². The molecule has 0 unspecified atom stereocenters. The van der Waals surface area contributed by atoms with E-state index in [-0.39, 0.29) is 0 Å². The van der Waals surface area contributed by atoms with Gasteiger partial charge < -0.3 is 9.47 Å². The summed E-state index contributed by atoms with van der Waals surface area (Å²) >= 11 is 5.13. The number of benzene rings is 1. The first-order valence-corrected chi connectivity index (χ1v) is 6.17. The second-order valence-corrected chi connectivity index (χ2v) is 4.20. The van der Waals surface area contributed by atoms with Crippen molar-refractivity contribution in [1.29, 1.82) is 0 Å². The van der Waals surface area contributed by atoms with E-state index in [0.717, 1.165) is 17.3 Å². The lowest BCUT2D eigenvalue weighted by molar-refractivity contribution is 0.289. The highest BCUT2D eigenvalue weighted by Gasteiger charge is 2.05. The van der Waals surface area contributed by atoms with Crippen molar-refractivity contribution < 1.29 is 9.47 Å². The monoisotopic (exact) mass is 277 g/mol. The molecule has 0 bridgehead atoms. The first-order valence-electron chi connectivity index (χ1n) is 5.76. The number of H-pyrrole nitrogens is 1. The molecule has 2 rings (SSSR count). The van der Waals surface area contributed by atoms with Gasteiger partial charge in [-0.3, -0.25) is 9.67 Å². The fraction of sp³-hybridized carbons (Fsp3) is 0.231. The summed E-state index contributed by atoms with van der Waals surface area (Å²) in [6.45, 7) is 4.64. The molecule has 0 aliphatic heterocycles. The Morgan fingerprint density at radius 2 is 2.05 bits per heavy atom. The van der Waals surface area contributed by atoms with Gasteiger partial charge in [0, 0.05) is 6.54 Å². The number of methoxy groups -OCH3 is 1. The van der Waals surface area contributed by atoms with E-state index in [4.69, 9.17) is 21.7 Å². The lowest BCUT2D eigenvalue weighted by Gasteiger charge is -2.07. The lowest BCUT2D eigenvalue weighted by atomic mass is 10.3. The van der Waals surface area contributed by atoms with E-state index >= 15 is 0 Å². The zero-order valence-corrected chi connectivity index (χ0v) is 11.4. The average molecular weight is 277 g/mol. The van der Waals surface area contributed by atoms with Crippen LogP contribution in [0.15, 0.2) is 36.9 Å². The molecule has 1 N–H and O–H groups in total. The van der Waals surface area contributed by atoms with Crippen molar-refractivity contribution in [3.8, 4) is 11.5 Å². The molecule has 0 amide bonds. The minimum Gasteiger partial charge on any atom is -0.497 e. The summed E-state index contributed by atoms with van der Waals surface area (Å²) in [4.78, 5) is 0. The van der Waals surface area contributed by atoms with Gasteiger partial charge in [0.2, 0.25) is 0 Å². The standard InChI is InChI=1S/C13H15N3O2S/c1-3-8-16-12(14-15-13(16)19)9-18-11-6-4-10(17-2)5-7-11/h3-7H,1,8-9H2,2H3,(H,15,19). The van der Waals surface area contributed by atoms with Gasteiger partial charge in [0.1, 0.15) is 18.1 Å². The molecule has 1 aromatic heterocycles. The van der Waals surface area contributed by atoms with Crippen LogP contribution in [0.5, 0.6) is 11.5 Å². The molecule has 19 heavy (non-hydrogen) atoms. The molecule has 1 heterocycles. The van der Waals surface area contributed by atoms with E-state index in [0.29, 0.717) is 17.9 Å². The average Bonchev–Trinajstić information content (AvgIpc) is 2.79. The van der Waals surface area contributed by atoms with Crippen LogP contribution in [-0.4, -0.2) is 21.9 Å². The molecular formula is C13H15N3O2S. The van der Waals surface area contributed by atoms with Crippen LogP contribution in [-0.2, 0) is 13.2 Å². The third-order valence-corrected chi connectivity index (χ3v) is 2.89. The smallest absolute Gasteiger partial charge is 0.195 e. The molecule has 0 radical (unpaired) electrons. The number of rotatable bonds is 6. The van der Waals surface area contributed by atoms with Gasteiger partial charge in [-0.05, 0) is 36.5 Å². The van der Waals surface area contributed by atoms with Gasteiger partial charge in [0.15, 0.2) is 10.6 Å². The molecule has 0 atom stereocenters. The maximum atomic E-state index is 5.65. The normalized spacial score (nSPS) is 10.2. The molecule has 6 heteroatoms. The molecule has 5 nitrogen and oxygen atoms in total. The van der Waals surface area contributed by atoms with Crippen molar-refractivity contribution in [3.05, 3.63) is 47.5 Å². The molecule has 0 spiro atoms. The summed E-state index contributed by atoms with van der Waals surface area (Å²) < 4.78 is 13.1. The summed E-state index contributed by atoms with van der Waals surface area (Å²) in [6, 6.07) is 7.38. The second kappa shape index (κ2) is 6.19. The highest BCUT2D eigenvalue weighted by molar-refractivity contribution is 7.71. The Bertz CT molecular complexity index is 601. The fourth-order valence-electron chi connectivity index (χ4n) is 1.60. The van der Waals surface area contributed by atoms with Crippen molar-refractivity contribution >= 4 is 12.2 Å². The van der Waals surface area contributed by atoms with Gasteiger partial charge >= 0.3 is 0 Å². The first kappa shape index (κ1) is 13.4. The predicted octanol–water partition coefficient (Wildman–Crippen LogP) is 2.71. The highest BCUT2D eigenvalue weighted by Crippen LogP contribution is 2.17. The van der Waals surface area contributed by atoms with Gasteiger partial charge in [-0.15, -0.1) is 6.58 Å². The Labute approximate surface area is 116 Å². The summed E-state index contributed by atoms with van der Waals surface area (Å²) in [6.07, 6.45) is 1.77. The van der Waals surface area contributed by atoms with E-state index in [1.807, 2.05) is 28.8 Å². The Kier molecular flexibility index (Phi) is 4.35. The van der Waals surface area contributed by atoms with Crippen LogP contribution in [0, 0.1) is 4.77 Å². The SMILES string of the molecule is C=CCn1c(COc2ccc(OC)cc2)n[nH]c1=S. The van der Waals surface area contributed by atoms with Gasteiger partial charge in [0.25, 0.3) is 0 Å². The van der Waals surface area contributed by atoms with E-state index in [1.54, 1.807) is 13.2 Å². The molecule has 0 aliphatic rings. The number of nitrogens with zero attached hydrogens (tertiary/aromatic N) is 2. The lowest BCUT2D eigenvalue weighted by Crippen LogP contribution is -2.06. The Morgan fingerprint density at radius 1 is 1.37 bits per heavy atom. The zero-order chi connectivity index (χ0) is 13.7. The van der Waals surface area contributed by atoms with Crippen LogP contribution in [0.4, 0.5) is 0 Å². The van der Waals surface area contributed by atoms with E-state index in [1.165, 1.54) is 0 Å². The Morgan fingerprint density at radius 3 is 2.68 bits per heavy atom. The fourth-order valence-corrected chi connectivity index (χ4v) is 1.82. The van der Waals surface area contributed by atoms with Crippen molar-refractivity contribution in [2.45, 2.75) is 13.2 Å². The zero-order valence-electron chi connectivity index (χ0n) is 10.6. The third-order valence-electron chi connectivity index (χ3n) is 2.58. The first-order chi connectivity index (χ1) is 9.24. The van der Waals surface area contributed by atoms with Crippen molar-refractivity contribution in [1.82, 2.24) is 14.8 Å². The van der Waals surface area contributed by atoms with Crippen LogP contribution in [0.1, 0.15) is 5.82 Å². The summed E-state index contributed by atoms with van der Waals surface area (Å²) in [7, 11) is 1.63. The highest BCUT2D eigenvalue weighted by atomic mass is 32.1. The van der Waals surface area contributed by atoms with E-state index in [2.05, 4.69) is 16.8 Å². The van der Waals surface area contributed by atoms with Crippen molar-refractivity contribution in [3.63, 3.8) is 0 Å². The molecule has 0 saturated carbocycles. The summed E-state index contributed by atoms with van der Waals surface area (Å²) in [5.74, 6) is 2.28. The number of allylic oxidation sites excluding steroid dienone is 1. The summed E-state index contributed by atoms with van der Waals surface area (Å²) in [5.41, 5.74) is 0. The molecule has 100 valence electrons. The minimum atomic E-state index is 0.341. The maximum Gasteiger partial charge on any atom is 0.195 e. The maximum absolute atomic E-state index is 5.65. The number of aromatic nitrogens is 3. The second-order valence-electron chi connectivity index (χ2n) is 3.81. The van der Waals surface area contributed by atoms with Gasteiger partial charge in [-0.2, -0.15) is 5.10 Å². The number of aromatic amines is 1. The third kappa shape index (κ3) is 3.23. The Hall–Kier alpha value is -2.08. The number of hydrogen-bond acceptors (Lipinski definition) is 4. The number of hydrogen-bond donors (Lipinski definition) is 1. The van der Waals surface area contributed by atoms with Gasteiger partial charge in [0.05, 0.1) is 7.11 Å². The molecular weight excluding hydrogens is 262 g/mol.